The molecule has 190 valence electrons. The van der Waals surface area contributed by atoms with Crippen molar-refractivity contribution in [3.8, 4) is 5.75 Å². The van der Waals surface area contributed by atoms with E-state index in [0.29, 0.717) is 56.8 Å². The summed E-state index contributed by atoms with van der Waals surface area (Å²) in [5, 5.41) is 0.880. The van der Waals surface area contributed by atoms with E-state index in [1.54, 1.807) is 24.4 Å². The minimum Gasteiger partial charge on any atom is -0.497 e. The molecule has 1 aromatic heterocycles. The number of aromatic nitrogens is 1. The average Bonchev–Trinajstić information content (AvgIpc) is 2.92. The van der Waals surface area contributed by atoms with Gasteiger partial charge in [0.05, 0.1) is 23.4 Å². The number of sulfonamides is 1. The Hall–Kier alpha value is -3.24. The second-order valence-corrected chi connectivity index (χ2v) is 11.1. The zero-order valence-electron chi connectivity index (χ0n) is 20.1. The molecule has 0 bridgehead atoms. The second kappa shape index (κ2) is 10.0. The summed E-state index contributed by atoms with van der Waals surface area (Å²) in [7, 11) is -2.15. The van der Waals surface area contributed by atoms with Crippen LogP contribution in [0.5, 0.6) is 5.75 Å². The van der Waals surface area contributed by atoms with Gasteiger partial charge in [-0.2, -0.15) is 4.31 Å². The summed E-state index contributed by atoms with van der Waals surface area (Å²) in [5.41, 5.74) is 1.58. The van der Waals surface area contributed by atoms with Crippen LogP contribution in [0.15, 0.2) is 59.6 Å². The quantitative estimate of drug-likeness (QED) is 0.523. The van der Waals surface area contributed by atoms with Crippen molar-refractivity contribution in [3.05, 3.63) is 60.5 Å². The number of rotatable bonds is 5. The smallest absolute Gasteiger partial charge is 0.243 e. The number of methoxy groups -OCH3 is 1. The molecule has 1 amide bonds. The standard InChI is InChI=1S/C26H29FN4O4S/c1-35-21-5-7-22(8-6-21)36(33,34)31-12-2-3-19(18-31)26(32)30-15-13-29(14-16-30)25-10-11-28-24-17-20(27)4-9-23(24)25/h4-11,17,19H,2-3,12-16,18H2,1H3. The van der Waals surface area contributed by atoms with E-state index >= 15 is 0 Å². The van der Waals surface area contributed by atoms with Gasteiger partial charge in [0.25, 0.3) is 0 Å². The van der Waals surface area contributed by atoms with Crippen molar-refractivity contribution >= 4 is 32.5 Å². The van der Waals surface area contributed by atoms with Crippen molar-refractivity contribution in [2.24, 2.45) is 5.92 Å². The Bertz CT molecular complexity index is 1360. The highest BCUT2D eigenvalue weighted by atomic mass is 32.2. The number of anilines is 1. The minimum absolute atomic E-state index is 0.00550. The predicted molar refractivity (Wildman–Crippen MR) is 135 cm³/mol. The van der Waals surface area contributed by atoms with Crippen LogP contribution in [0.1, 0.15) is 12.8 Å². The Labute approximate surface area is 210 Å². The molecule has 1 atom stereocenters. The highest BCUT2D eigenvalue weighted by Gasteiger charge is 2.36. The molecule has 3 aromatic rings. The molecular formula is C26H29FN4O4S. The number of hydrogen-bond acceptors (Lipinski definition) is 6. The van der Waals surface area contributed by atoms with Crippen LogP contribution in [-0.4, -0.2) is 74.9 Å². The van der Waals surface area contributed by atoms with Crippen molar-refractivity contribution in [3.63, 3.8) is 0 Å². The predicted octanol–water partition coefficient (Wildman–Crippen LogP) is 3.13. The first-order valence-corrected chi connectivity index (χ1v) is 13.5. The van der Waals surface area contributed by atoms with Gasteiger partial charge in [-0.1, -0.05) is 0 Å². The summed E-state index contributed by atoms with van der Waals surface area (Å²) < 4.78 is 46.5. The number of amides is 1. The lowest BCUT2D eigenvalue weighted by molar-refractivity contribution is -0.137. The van der Waals surface area contributed by atoms with Crippen LogP contribution >= 0.6 is 0 Å². The fourth-order valence-corrected chi connectivity index (χ4v) is 6.59. The van der Waals surface area contributed by atoms with Crippen LogP contribution in [0.4, 0.5) is 10.1 Å². The number of piperazine rings is 1. The summed E-state index contributed by atoms with van der Waals surface area (Å²) in [6.45, 7) is 2.97. The first kappa shape index (κ1) is 24.5. The Balaban J connectivity index is 1.24. The van der Waals surface area contributed by atoms with E-state index in [-0.39, 0.29) is 29.1 Å². The number of pyridine rings is 1. The number of carbonyl (C=O) groups excluding carboxylic acids is 1. The van der Waals surface area contributed by atoms with Crippen LogP contribution in [0.3, 0.4) is 0 Å². The fraction of sp³-hybridized carbons (Fsp3) is 0.385. The van der Waals surface area contributed by atoms with Gasteiger partial charge < -0.3 is 14.5 Å². The van der Waals surface area contributed by atoms with Crippen molar-refractivity contribution in [1.82, 2.24) is 14.2 Å². The van der Waals surface area contributed by atoms with E-state index < -0.39 is 10.0 Å². The first-order valence-electron chi connectivity index (χ1n) is 12.1. The lowest BCUT2D eigenvalue weighted by Crippen LogP contribution is -2.53. The number of carbonyl (C=O) groups is 1. The molecule has 1 unspecified atom stereocenters. The zero-order valence-corrected chi connectivity index (χ0v) is 21.0. The molecule has 0 radical (unpaired) electrons. The number of ether oxygens (including phenoxy) is 1. The van der Waals surface area contributed by atoms with Crippen LogP contribution in [0.25, 0.3) is 10.9 Å². The number of halogens is 1. The van der Waals surface area contributed by atoms with Gasteiger partial charge in [-0.05, 0) is 55.3 Å². The van der Waals surface area contributed by atoms with Gasteiger partial charge in [-0.15, -0.1) is 0 Å². The summed E-state index contributed by atoms with van der Waals surface area (Å²) >= 11 is 0. The van der Waals surface area contributed by atoms with Crippen LogP contribution < -0.4 is 9.64 Å². The summed E-state index contributed by atoms with van der Waals surface area (Å²) in [4.78, 5) is 21.9. The first-order chi connectivity index (χ1) is 17.4. The molecule has 8 nitrogen and oxygen atoms in total. The highest BCUT2D eigenvalue weighted by molar-refractivity contribution is 7.89. The topological polar surface area (TPSA) is 83.0 Å². The van der Waals surface area contributed by atoms with Crippen molar-refractivity contribution in [2.75, 3.05) is 51.3 Å². The molecule has 0 N–H and O–H groups in total. The van der Waals surface area contributed by atoms with Crippen LogP contribution in [0.2, 0.25) is 0 Å². The third-order valence-electron chi connectivity index (χ3n) is 7.04. The third-order valence-corrected chi connectivity index (χ3v) is 8.92. The Morgan fingerprint density at radius 3 is 2.50 bits per heavy atom. The second-order valence-electron chi connectivity index (χ2n) is 9.18. The number of nitrogens with zero attached hydrogens (tertiary/aromatic N) is 4. The summed E-state index contributed by atoms with van der Waals surface area (Å²) in [6.07, 6.45) is 2.99. The van der Waals surface area contributed by atoms with Gasteiger partial charge in [0.1, 0.15) is 11.6 Å². The molecule has 0 spiro atoms. The molecule has 5 rings (SSSR count). The molecule has 2 aliphatic rings. The SMILES string of the molecule is COc1ccc(S(=O)(=O)N2CCCC(C(=O)N3CCN(c4ccnc5cc(F)ccc45)CC3)C2)cc1. The van der Waals surface area contributed by atoms with Gasteiger partial charge in [0.15, 0.2) is 0 Å². The van der Waals surface area contributed by atoms with Gasteiger partial charge in [0.2, 0.25) is 15.9 Å². The number of piperidine rings is 1. The summed E-state index contributed by atoms with van der Waals surface area (Å²) in [6, 6.07) is 12.8. The molecule has 0 saturated carbocycles. The van der Waals surface area contributed by atoms with Gasteiger partial charge in [-0.3, -0.25) is 9.78 Å². The minimum atomic E-state index is -3.69. The number of hydrogen-bond donors (Lipinski definition) is 0. The number of fused-ring (bicyclic) bond motifs is 1. The Kier molecular flexibility index (Phi) is 6.81. The maximum Gasteiger partial charge on any atom is 0.243 e. The maximum absolute atomic E-state index is 13.6. The van der Waals surface area contributed by atoms with E-state index in [4.69, 9.17) is 4.74 Å². The van der Waals surface area contributed by atoms with Gasteiger partial charge in [0, 0.05) is 62.6 Å². The molecule has 36 heavy (non-hydrogen) atoms. The highest BCUT2D eigenvalue weighted by Crippen LogP contribution is 2.29. The van der Waals surface area contributed by atoms with E-state index in [0.717, 1.165) is 11.1 Å². The zero-order chi connectivity index (χ0) is 25.3. The van der Waals surface area contributed by atoms with Crippen LogP contribution in [0, 0.1) is 11.7 Å². The summed E-state index contributed by atoms with van der Waals surface area (Å²) in [5.74, 6) is -0.0844. The molecule has 2 fully saturated rings. The average molecular weight is 513 g/mol. The lowest BCUT2D eigenvalue weighted by Gasteiger charge is -2.39. The number of benzene rings is 2. The van der Waals surface area contributed by atoms with Gasteiger partial charge in [-0.25, -0.2) is 12.8 Å². The molecule has 2 aromatic carbocycles. The Morgan fingerprint density at radius 2 is 1.78 bits per heavy atom. The normalized spacial score (nSPS) is 19.4. The maximum atomic E-state index is 13.6. The molecule has 3 heterocycles. The lowest BCUT2D eigenvalue weighted by atomic mass is 9.97. The van der Waals surface area contributed by atoms with E-state index in [9.17, 15) is 17.6 Å². The van der Waals surface area contributed by atoms with E-state index in [2.05, 4.69) is 9.88 Å². The van der Waals surface area contributed by atoms with Crippen molar-refractivity contribution in [1.29, 1.82) is 0 Å². The van der Waals surface area contributed by atoms with Crippen molar-refractivity contribution in [2.45, 2.75) is 17.7 Å². The third kappa shape index (κ3) is 4.75. The molecule has 2 saturated heterocycles. The van der Waals surface area contributed by atoms with E-state index in [1.165, 1.54) is 35.7 Å². The Morgan fingerprint density at radius 1 is 1.03 bits per heavy atom. The monoisotopic (exact) mass is 512 g/mol. The van der Waals surface area contributed by atoms with Crippen molar-refractivity contribution < 1.29 is 22.3 Å². The molecular weight excluding hydrogens is 483 g/mol. The largest absolute Gasteiger partial charge is 0.497 e. The van der Waals surface area contributed by atoms with Gasteiger partial charge >= 0.3 is 0 Å². The van der Waals surface area contributed by atoms with Crippen LogP contribution in [-0.2, 0) is 14.8 Å². The van der Waals surface area contributed by atoms with E-state index in [1.807, 2.05) is 11.0 Å². The fourth-order valence-electron chi connectivity index (χ4n) is 5.07. The molecule has 0 aliphatic carbocycles. The molecule has 2 aliphatic heterocycles. The molecule has 10 heteroatoms.